The average Bonchev–Trinajstić information content (AvgIpc) is 2.83. The fraction of sp³-hybridized carbons (Fsp3) is 0.167. The highest BCUT2D eigenvalue weighted by molar-refractivity contribution is 5.80. The summed E-state index contributed by atoms with van der Waals surface area (Å²) in [5, 5.41) is 10.7. The molecule has 0 aliphatic carbocycles. The Morgan fingerprint density at radius 1 is 0.938 bits per heavy atom. The van der Waals surface area contributed by atoms with Crippen LogP contribution < -0.4 is 25.2 Å². The van der Waals surface area contributed by atoms with Crippen molar-refractivity contribution in [2.24, 2.45) is 0 Å². The van der Waals surface area contributed by atoms with Crippen LogP contribution in [0.1, 0.15) is 5.56 Å². The Hall–Kier alpha value is -4.20. The number of hydrogen-bond acceptors (Lipinski definition) is 7. The van der Waals surface area contributed by atoms with Crippen molar-refractivity contribution >= 4 is 10.9 Å². The molecule has 0 aliphatic heterocycles. The third kappa shape index (κ3) is 3.90. The van der Waals surface area contributed by atoms with Gasteiger partial charge in [-0.05, 0) is 48.5 Å². The highest BCUT2D eigenvalue weighted by Crippen LogP contribution is 2.32. The lowest BCUT2D eigenvalue weighted by Gasteiger charge is -2.17. The van der Waals surface area contributed by atoms with Gasteiger partial charge in [-0.25, -0.2) is 9.66 Å². The summed E-state index contributed by atoms with van der Waals surface area (Å²) in [5.74, 6) is 2.18. The van der Waals surface area contributed by atoms with Crippen LogP contribution in [0.2, 0.25) is 0 Å². The molecule has 0 saturated carbocycles. The first-order chi connectivity index (χ1) is 15.5. The first-order valence-electron chi connectivity index (χ1n) is 9.89. The fourth-order valence-electron chi connectivity index (χ4n) is 3.44. The molecule has 0 spiro atoms. The second kappa shape index (κ2) is 8.89. The first kappa shape index (κ1) is 21.0. The highest BCUT2D eigenvalue weighted by Gasteiger charge is 2.16. The minimum absolute atomic E-state index is 0.0905. The third-order valence-corrected chi connectivity index (χ3v) is 5.13. The van der Waals surface area contributed by atoms with Crippen LogP contribution >= 0.6 is 0 Å². The Labute approximate surface area is 184 Å². The summed E-state index contributed by atoms with van der Waals surface area (Å²) in [6, 6.07) is 17.4. The number of fused-ring (bicyclic) bond motifs is 1. The van der Waals surface area contributed by atoms with Gasteiger partial charge in [-0.1, -0.05) is 12.1 Å². The lowest BCUT2D eigenvalue weighted by molar-refractivity contribution is 0.355. The standard InChI is InChI=1S/C24H23N3O5/c1-30-17-9-10-20(28)16(12-17)14-25-27-23(15-8-11-21(31-2)22(13-15)32-3)26-19-7-5-4-6-18(19)24(27)29/h4-13,25,28H,14H2,1-3H3. The number of ether oxygens (including phenoxy) is 3. The lowest BCUT2D eigenvalue weighted by Crippen LogP contribution is -2.31. The van der Waals surface area contributed by atoms with E-state index in [1.807, 2.05) is 6.07 Å². The zero-order valence-corrected chi connectivity index (χ0v) is 18.0. The Kier molecular flexibility index (Phi) is 5.85. The maximum absolute atomic E-state index is 13.3. The first-order valence-corrected chi connectivity index (χ1v) is 9.89. The Morgan fingerprint density at radius 2 is 1.72 bits per heavy atom. The van der Waals surface area contributed by atoms with Crippen LogP contribution in [0, 0.1) is 0 Å². The minimum Gasteiger partial charge on any atom is -0.508 e. The molecule has 164 valence electrons. The topological polar surface area (TPSA) is 94.8 Å². The average molecular weight is 433 g/mol. The van der Waals surface area contributed by atoms with Gasteiger partial charge in [0.1, 0.15) is 11.5 Å². The number of phenolic OH excluding ortho intramolecular Hbond substituents is 1. The molecule has 3 aromatic carbocycles. The van der Waals surface area contributed by atoms with Crippen molar-refractivity contribution in [3.05, 3.63) is 76.6 Å². The van der Waals surface area contributed by atoms with E-state index in [0.717, 1.165) is 0 Å². The molecule has 0 aliphatic rings. The third-order valence-electron chi connectivity index (χ3n) is 5.13. The van der Waals surface area contributed by atoms with Crippen LogP contribution in [0.25, 0.3) is 22.3 Å². The highest BCUT2D eigenvalue weighted by atomic mass is 16.5. The predicted molar refractivity (Wildman–Crippen MR) is 122 cm³/mol. The molecule has 2 N–H and O–H groups in total. The van der Waals surface area contributed by atoms with Crippen LogP contribution in [-0.2, 0) is 6.54 Å². The largest absolute Gasteiger partial charge is 0.508 e. The number of para-hydroxylation sites is 1. The maximum Gasteiger partial charge on any atom is 0.280 e. The second-order valence-corrected chi connectivity index (χ2v) is 6.99. The van der Waals surface area contributed by atoms with E-state index in [1.165, 1.54) is 4.68 Å². The number of benzene rings is 3. The van der Waals surface area contributed by atoms with Gasteiger partial charge in [-0.3, -0.25) is 4.79 Å². The van der Waals surface area contributed by atoms with Crippen molar-refractivity contribution in [3.8, 4) is 34.4 Å². The molecule has 0 amide bonds. The van der Waals surface area contributed by atoms with E-state index < -0.39 is 0 Å². The number of nitrogens with one attached hydrogen (secondary N) is 1. The lowest BCUT2D eigenvalue weighted by atomic mass is 10.1. The molecule has 1 heterocycles. The zero-order valence-electron chi connectivity index (χ0n) is 18.0. The van der Waals surface area contributed by atoms with Crippen molar-refractivity contribution in [2.75, 3.05) is 26.8 Å². The van der Waals surface area contributed by atoms with E-state index in [1.54, 1.807) is 75.9 Å². The van der Waals surface area contributed by atoms with E-state index in [2.05, 4.69) is 5.43 Å². The van der Waals surface area contributed by atoms with Crippen molar-refractivity contribution in [1.82, 2.24) is 9.66 Å². The van der Waals surface area contributed by atoms with Gasteiger partial charge < -0.3 is 24.7 Å². The molecule has 0 saturated heterocycles. The number of hydrogen-bond donors (Lipinski definition) is 2. The zero-order chi connectivity index (χ0) is 22.7. The number of methoxy groups -OCH3 is 3. The van der Waals surface area contributed by atoms with Crippen LogP contribution in [0.4, 0.5) is 0 Å². The summed E-state index contributed by atoms with van der Waals surface area (Å²) in [6.07, 6.45) is 0. The molecule has 0 unspecified atom stereocenters. The van der Waals surface area contributed by atoms with Gasteiger partial charge in [0, 0.05) is 11.1 Å². The molecule has 1 aromatic heterocycles. The molecular weight excluding hydrogens is 410 g/mol. The van der Waals surface area contributed by atoms with Gasteiger partial charge >= 0.3 is 0 Å². The van der Waals surface area contributed by atoms with Crippen molar-refractivity contribution in [2.45, 2.75) is 6.54 Å². The van der Waals surface area contributed by atoms with E-state index in [4.69, 9.17) is 19.2 Å². The smallest absolute Gasteiger partial charge is 0.280 e. The normalized spacial score (nSPS) is 10.7. The molecule has 4 aromatic rings. The van der Waals surface area contributed by atoms with E-state index in [0.29, 0.717) is 45.1 Å². The summed E-state index contributed by atoms with van der Waals surface area (Å²) in [6.45, 7) is 0.170. The Morgan fingerprint density at radius 3 is 2.47 bits per heavy atom. The van der Waals surface area contributed by atoms with E-state index in [9.17, 15) is 9.90 Å². The fourth-order valence-corrected chi connectivity index (χ4v) is 3.44. The van der Waals surface area contributed by atoms with E-state index >= 15 is 0 Å². The number of aromatic hydroxyl groups is 1. The second-order valence-electron chi connectivity index (χ2n) is 6.99. The summed E-state index contributed by atoms with van der Waals surface area (Å²) in [7, 11) is 4.66. The molecule has 32 heavy (non-hydrogen) atoms. The summed E-state index contributed by atoms with van der Waals surface area (Å²) in [4.78, 5) is 18.1. The Bertz CT molecular complexity index is 1330. The molecule has 0 bridgehead atoms. The molecule has 4 rings (SSSR count). The quantitative estimate of drug-likeness (QED) is 0.460. The number of aromatic nitrogens is 2. The Balaban J connectivity index is 1.84. The molecule has 0 fully saturated rings. The van der Waals surface area contributed by atoms with Gasteiger partial charge in [0.05, 0.1) is 38.8 Å². The molecule has 0 radical (unpaired) electrons. The summed E-state index contributed by atoms with van der Waals surface area (Å²) in [5.41, 5.74) is 4.65. The van der Waals surface area contributed by atoms with Crippen LogP contribution in [0.3, 0.4) is 0 Å². The van der Waals surface area contributed by atoms with Crippen molar-refractivity contribution in [3.63, 3.8) is 0 Å². The minimum atomic E-state index is -0.261. The number of rotatable bonds is 7. The molecule has 8 nitrogen and oxygen atoms in total. The monoisotopic (exact) mass is 433 g/mol. The SMILES string of the molecule is COc1ccc(O)c(CNn2c(-c3ccc(OC)c(OC)c3)nc3ccccc3c2=O)c1. The molecular formula is C24H23N3O5. The van der Waals surface area contributed by atoms with Crippen LogP contribution in [0.5, 0.6) is 23.0 Å². The number of phenols is 1. The van der Waals surface area contributed by atoms with Crippen molar-refractivity contribution in [1.29, 1.82) is 0 Å². The van der Waals surface area contributed by atoms with Gasteiger partial charge in [0.2, 0.25) is 0 Å². The predicted octanol–water partition coefficient (Wildman–Crippen LogP) is 3.54. The number of nitrogens with zero attached hydrogens (tertiary/aromatic N) is 2. The summed E-state index contributed by atoms with van der Waals surface area (Å²) >= 11 is 0. The van der Waals surface area contributed by atoms with Gasteiger partial charge in [0.25, 0.3) is 5.56 Å². The molecule has 0 atom stereocenters. The van der Waals surface area contributed by atoms with Crippen LogP contribution in [-0.4, -0.2) is 36.1 Å². The maximum atomic E-state index is 13.3. The van der Waals surface area contributed by atoms with Crippen molar-refractivity contribution < 1.29 is 19.3 Å². The van der Waals surface area contributed by atoms with E-state index in [-0.39, 0.29) is 17.9 Å². The molecule has 8 heteroatoms. The van der Waals surface area contributed by atoms with Crippen LogP contribution in [0.15, 0.2) is 65.5 Å². The summed E-state index contributed by atoms with van der Waals surface area (Å²) < 4.78 is 17.4. The van der Waals surface area contributed by atoms with Gasteiger partial charge in [-0.15, -0.1) is 0 Å². The van der Waals surface area contributed by atoms with Gasteiger partial charge in [-0.2, -0.15) is 0 Å². The van der Waals surface area contributed by atoms with Gasteiger partial charge in [0.15, 0.2) is 17.3 Å².